The number of rotatable bonds is 3. The molecule has 1 aliphatic heterocycles. The highest BCUT2D eigenvalue weighted by Crippen LogP contribution is 2.30. The minimum absolute atomic E-state index is 0.151. The summed E-state index contributed by atoms with van der Waals surface area (Å²) >= 11 is 7.46. The van der Waals surface area contributed by atoms with Crippen LogP contribution in [0.25, 0.3) is 0 Å². The van der Waals surface area contributed by atoms with Crippen molar-refractivity contribution in [2.75, 3.05) is 5.75 Å². The number of ether oxygens (including phenoxy) is 1. The van der Waals surface area contributed by atoms with Gasteiger partial charge in [0.1, 0.15) is 6.10 Å². The summed E-state index contributed by atoms with van der Waals surface area (Å²) in [5.74, 6) is 0.659. The zero-order valence-corrected chi connectivity index (χ0v) is 8.61. The molecule has 2 atom stereocenters. The Morgan fingerprint density at radius 1 is 1.83 bits per heavy atom. The van der Waals surface area contributed by atoms with Crippen molar-refractivity contribution in [3.63, 3.8) is 0 Å². The molecule has 0 radical (unpaired) electrons. The molecular formula is C8H11ClO2S. The van der Waals surface area contributed by atoms with Gasteiger partial charge in [-0.15, -0.1) is 23.4 Å². The van der Waals surface area contributed by atoms with Crippen LogP contribution in [0.1, 0.15) is 13.8 Å². The van der Waals surface area contributed by atoms with Crippen molar-refractivity contribution in [1.29, 1.82) is 0 Å². The monoisotopic (exact) mass is 206 g/mol. The van der Waals surface area contributed by atoms with Gasteiger partial charge in [0.25, 0.3) is 0 Å². The fourth-order valence-corrected chi connectivity index (χ4v) is 2.22. The Balaban J connectivity index is 2.66. The van der Waals surface area contributed by atoms with Gasteiger partial charge in [0.2, 0.25) is 0 Å². The Labute approximate surface area is 81.3 Å². The highest BCUT2D eigenvalue weighted by molar-refractivity contribution is 8.03. The SMILES string of the molecule is CCSC1=CC(=O)O[C@@H]1[C@@H](C)Cl. The summed E-state index contributed by atoms with van der Waals surface area (Å²) in [5.41, 5.74) is 0. The second-order valence-corrected chi connectivity index (χ2v) is 4.54. The molecule has 0 spiro atoms. The summed E-state index contributed by atoms with van der Waals surface area (Å²) in [6.45, 7) is 3.86. The molecule has 0 fully saturated rings. The number of hydrogen-bond donors (Lipinski definition) is 0. The number of thioether (sulfide) groups is 1. The molecule has 1 aliphatic rings. The van der Waals surface area contributed by atoms with E-state index in [0.717, 1.165) is 10.7 Å². The molecule has 2 nitrogen and oxygen atoms in total. The van der Waals surface area contributed by atoms with Crippen LogP contribution in [0.4, 0.5) is 0 Å². The fraction of sp³-hybridized carbons (Fsp3) is 0.625. The van der Waals surface area contributed by atoms with Gasteiger partial charge in [-0.2, -0.15) is 0 Å². The van der Waals surface area contributed by atoms with E-state index in [0.29, 0.717) is 0 Å². The summed E-state index contributed by atoms with van der Waals surface area (Å²) in [6, 6.07) is 0. The molecule has 12 heavy (non-hydrogen) atoms. The summed E-state index contributed by atoms with van der Waals surface area (Å²) < 4.78 is 5.00. The zero-order valence-electron chi connectivity index (χ0n) is 7.04. The van der Waals surface area contributed by atoms with E-state index in [4.69, 9.17) is 16.3 Å². The van der Waals surface area contributed by atoms with E-state index in [-0.39, 0.29) is 17.5 Å². The lowest BCUT2D eigenvalue weighted by molar-refractivity contribution is -0.138. The van der Waals surface area contributed by atoms with Gasteiger partial charge in [-0.3, -0.25) is 0 Å². The maximum atomic E-state index is 10.9. The molecule has 0 aromatic heterocycles. The summed E-state index contributed by atoms with van der Waals surface area (Å²) in [7, 11) is 0. The van der Waals surface area contributed by atoms with E-state index in [1.165, 1.54) is 6.08 Å². The quantitative estimate of drug-likeness (QED) is 0.523. The number of hydrogen-bond acceptors (Lipinski definition) is 3. The summed E-state index contributed by atoms with van der Waals surface area (Å²) in [5, 5.41) is -0.151. The minimum Gasteiger partial charge on any atom is -0.452 e. The molecule has 1 rings (SSSR count). The predicted molar refractivity (Wildman–Crippen MR) is 51.4 cm³/mol. The third-order valence-corrected chi connectivity index (χ3v) is 2.71. The number of esters is 1. The summed E-state index contributed by atoms with van der Waals surface area (Å²) in [4.78, 5) is 11.8. The first-order valence-corrected chi connectivity index (χ1v) is 5.26. The van der Waals surface area contributed by atoms with Gasteiger partial charge in [0, 0.05) is 11.0 Å². The van der Waals surface area contributed by atoms with Gasteiger partial charge in [-0.05, 0) is 12.7 Å². The molecular weight excluding hydrogens is 196 g/mol. The number of alkyl halides is 1. The normalized spacial score (nSPS) is 25.1. The zero-order chi connectivity index (χ0) is 9.14. The van der Waals surface area contributed by atoms with Gasteiger partial charge in [-0.1, -0.05) is 6.92 Å². The maximum Gasteiger partial charge on any atom is 0.332 e. The Morgan fingerprint density at radius 2 is 2.50 bits per heavy atom. The minimum atomic E-state index is -0.275. The molecule has 0 aromatic rings. The van der Waals surface area contributed by atoms with E-state index >= 15 is 0 Å². The van der Waals surface area contributed by atoms with Crippen LogP contribution in [-0.4, -0.2) is 23.2 Å². The second kappa shape index (κ2) is 4.19. The number of cyclic esters (lactones) is 1. The van der Waals surface area contributed by atoms with Crippen molar-refractivity contribution in [2.24, 2.45) is 0 Å². The topological polar surface area (TPSA) is 26.3 Å². The average molecular weight is 207 g/mol. The number of carbonyl (C=O) groups excluding carboxylic acids is 1. The van der Waals surface area contributed by atoms with Crippen LogP contribution in [0.15, 0.2) is 11.0 Å². The lowest BCUT2D eigenvalue weighted by atomic mass is 10.3. The molecule has 0 unspecified atom stereocenters. The fourth-order valence-electron chi connectivity index (χ4n) is 1.03. The molecule has 0 saturated carbocycles. The number of halogens is 1. The lowest BCUT2D eigenvalue weighted by Gasteiger charge is -2.14. The Morgan fingerprint density at radius 3 is 3.00 bits per heavy atom. The van der Waals surface area contributed by atoms with Crippen molar-refractivity contribution in [3.05, 3.63) is 11.0 Å². The lowest BCUT2D eigenvalue weighted by Crippen LogP contribution is -2.20. The van der Waals surface area contributed by atoms with E-state index in [2.05, 4.69) is 0 Å². The second-order valence-electron chi connectivity index (χ2n) is 2.51. The standard InChI is InChI=1S/C8H11ClO2S/c1-3-12-6-4-7(10)11-8(6)5(2)9/h4-5,8H,3H2,1-2H3/t5-,8-/m1/s1. The van der Waals surface area contributed by atoms with Crippen LogP contribution in [0.5, 0.6) is 0 Å². The highest BCUT2D eigenvalue weighted by atomic mass is 35.5. The van der Waals surface area contributed by atoms with E-state index in [1.54, 1.807) is 11.8 Å². The Bertz CT molecular complexity index is 213. The molecule has 0 bridgehead atoms. The Kier molecular flexibility index (Phi) is 3.47. The van der Waals surface area contributed by atoms with Crippen molar-refractivity contribution in [1.82, 2.24) is 0 Å². The van der Waals surface area contributed by atoms with Crippen molar-refractivity contribution in [2.45, 2.75) is 25.3 Å². The first-order valence-electron chi connectivity index (χ1n) is 3.84. The smallest absolute Gasteiger partial charge is 0.332 e. The van der Waals surface area contributed by atoms with E-state index < -0.39 is 0 Å². The first kappa shape index (κ1) is 9.93. The third-order valence-electron chi connectivity index (χ3n) is 1.51. The van der Waals surface area contributed by atoms with Crippen LogP contribution in [-0.2, 0) is 9.53 Å². The van der Waals surface area contributed by atoms with E-state index in [9.17, 15) is 4.79 Å². The highest BCUT2D eigenvalue weighted by Gasteiger charge is 2.29. The van der Waals surface area contributed by atoms with Crippen LogP contribution in [0.2, 0.25) is 0 Å². The van der Waals surface area contributed by atoms with Crippen LogP contribution in [0, 0.1) is 0 Å². The van der Waals surface area contributed by atoms with Gasteiger partial charge in [-0.25, -0.2) is 4.79 Å². The van der Waals surface area contributed by atoms with E-state index in [1.807, 2.05) is 13.8 Å². The molecule has 0 N–H and O–H groups in total. The van der Waals surface area contributed by atoms with Crippen LogP contribution < -0.4 is 0 Å². The molecule has 68 valence electrons. The van der Waals surface area contributed by atoms with Gasteiger partial charge in [0.15, 0.2) is 0 Å². The largest absolute Gasteiger partial charge is 0.452 e. The number of carbonyl (C=O) groups is 1. The predicted octanol–water partition coefficient (Wildman–Crippen LogP) is 2.18. The molecule has 0 aliphatic carbocycles. The third kappa shape index (κ3) is 2.17. The molecule has 0 saturated heterocycles. The first-order chi connectivity index (χ1) is 5.65. The van der Waals surface area contributed by atoms with Gasteiger partial charge < -0.3 is 4.74 Å². The average Bonchev–Trinajstić information content (AvgIpc) is 2.32. The van der Waals surface area contributed by atoms with Crippen molar-refractivity contribution < 1.29 is 9.53 Å². The van der Waals surface area contributed by atoms with Gasteiger partial charge >= 0.3 is 5.97 Å². The van der Waals surface area contributed by atoms with Crippen molar-refractivity contribution in [3.8, 4) is 0 Å². The van der Waals surface area contributed by atoms with Crippen LogP contribution >= 0.6 is 23.4 Å². The molecule has 0 amide bonds. The maximum absolute atomic E-state index is 10.9. The Hall–Kier alpha value is -0.150. The molecule has 4 heteroatoms. The van der Waals surface area contributed by atoms with Crippen LogP contribution in [0.3, 0.4) is 0 Å². The van der Waals surface area contributed by atoms with Gasteiger partial charge in [0.05, 0.1) is 5.38 Å². The summed E-state index contributed by atoms with van der Waals surface area (Å²) in [6.07, 6.45) is 1.29. The molecule has 0 aromatic carbocycles. The van der Waals surface area contributed by atoms with Crippen molar-refractivity contribution >= 4 is 29.3 Å². The molecule has 1 heterocycles.